The lowest BCUT2D eigenvalue weighted by atomic mass is 9.85. The van der Waals surface area contributed by atoms with Crippen LogP contribution in [0.15, 0.2) is 30.4 Å². The van der Waals surface area contributed by atoms with Gasteiger partial charge in [-0.15, -0.1) is 0 Å². The highest BCUT2D eigenvalue weighted by atomic mass is 16.4. The Balaban J connectivity index is 1.93. The van der Waals surface area contributed by atoms with Gasteiger partial charge in [-0.25, -0.2) is 9.78 Å². The molecule has 1 saturated heterocycles. The third-order valence-corrected chi connectivity index (χ3v) is 4.55. The maximum Gasteiger partial charge on any atom is 0.327 e. The molecule has 0 bridgehead atoms. The SMILES string of the molecule is CN1CCC(C(N)=O)(c2nc3ccc(CC=CC(=O)O)cc3[nH]2)C1. The largest absolute Gasteiger partial charge is 0.478 e. The molecule has 1 amide bonds. The molecule has 4 N–H and O–H groups in total. The smallest absolute Gasteiger partial charge is 0.327 e. The number of nitrogens with two attached hydrogens (primary N) is 1. The number of hydrogen-bond acceptors (Lipinski definition) is 4. The maximum absolute atomic E-state index is 12.1. The van der Waals surface area contributed by atoms with Crippen LogP contribution in [-0.2, 0) is 21.4 Å². The Morgan fingerprint density at radius 2 is 2.29 bits per heavy atom. The van der Waals surface area contributed by atoms with E-state index in [0.29, 0.717) is 25.2 Å². The maximum atomic E-state index is 12.1. The number of aromatic nitrogens is 2. The minimum atomic E-state index is -0.964. The number of carboxylic acid groups (broad SMARTS) is 1. The summed E-state index contributed by atoms with van der Waals surface area (Å²) in [4.78, 5) is 32.5. The Kier molecular flexibility index (Phi) is 4.11. The van der Waals surface area contributed by atoms with Gasteiger partial charge in [0.25, 0.3) is 0 Å². The predicted molar refractivity (Wildman–Crippen MR) is 89.6 cm³/mol. The monoisotopic (exact) mass is 328 g/mol. The van der Waals surface area contributed by atoms with E-state index in [-0.39, 0.29) is 5.91 Å². The zero-order valence-corrected chi connectivity index (χ0v) is 13.5. The summed E-state index contributed by atoms with van der Waals surface area (Å²) in [6, 6.07) is 5.69. The Morgan fingerprint density at radius 3 is 2.92 bits per heavy atom. The molecule has 7 heteroatoms. The van der Waals surface area contributed by atoms with Crippen molar-refractivity contribution in [2.75, 3.05) is 20.1 Å². The van der Waals surface area contributed by atoms with E-state index in [4.69, 9.17) is 10.8 Å². The van der Waals surface area contributed by atoms with Crippen LogP contribution in [0.2, 0.25) is 0 Å². The average Bonchev–Trinajstić information content (AvgIpc) is 3.10. The van der Waals surface area contributed by atoms with Crippen LogP contribution in [-0.4, -0.2) is 52.0 Å². The molecule has 0 saturated carbocycles. The molecule has 3 rings (SSSR count). The number of primary amides is 1. The molecule has 2 heterocycles. The zero-order chi connectivity index (χ0) is 17.3. The van der Waals surface area contributed by atoms with E-state index < -0.39 is 11.4 Å². The van der Waals surface area contributed by atoms with Gasteiger partial charge >= 0.3 is 5.97 Å². The summed E-state index contributed by atoms with van der Waals surface area (Å²) >= 11 is 0. The molecule has 1 aromatic heterocycles. The number of carbonyl (C=O) groups excluding carboxylic acids is 1. The topological polar surface area (TPSA) is 112 Å². The Bertz CT molecular complexity index is 826. The van der Waals surface area contributed by atoms with E-state index in [0.717, 1.165) is 29.2 Å². The Morgan fingerprint density at radius 1 is 1.50 bits per heavy atom. The highest BCUT2D eigenvalue weighted by molar-refractivity contribution is 5.88. The highest BCUT2D eigenvalue weighted by Crippen LogP contribution is 2.33. The number of hydrogen-bond donors (Lipinski definition) is 3. The van der Waals surface area contributed by atoms with Gasteiger partial charge in [0.15, 0.2) is 0 Å². The number of carboxylic acids is 1. The van der Waals surface area contributed by atoms with Gasteiger partial charge in [-0.1, -0.05) is 12.1 Å². The number of benzene rings is 1. The predicted octanol–water partition coefficient (Wildman–Crippen LogP) is 0.805. The summed E-state index contributed by atoms with van der Waals surface area (Å²) in [5.41, 5.74) is 7.46. The molecule has 24 heavy (non-hydrogen) atoms. The lowest BCUT2D eigenvalue weighted by Crippen LogP contribution is -2.44. The second-order valence-electron chi connectivity index (χ2n) is 6.32. The van der Waals surface area contributed by atoms with Gasteiger partial charge in [-0.2, -0.15) is 0 Å². The summed E-state index contributed by atoms with van der Waals surface area (Å²) in [5.74, 6) is -0.725. The second-order valence-corrected chi connectivity index (χ2v) is 6.32. The van der Waals surface area contributed by atoms with Crippen molar-refractivity contribution in [1.29, 1.82) is 0 Å². The molecular weight excluding hydrogens is 308 g/mol. The number of amides is 1. The van der Waals surface area contributed by atoms with Crippen molar-refractivity contribution in [1.82, 2.24) is 14.9 Å². The number of allylic oxidation sites excluding steroid dienone is 1. The van der Waals surface area contributed by atoms with E-state index in [1.807, 2.05) is 25.2 Å². The van der Waals surface area contributed by atoms with Crippen molar-refractivity contribution in [3.05, 3.63) is 41.7 Å². The minimum Gasteiger partial charge on any atom is -0.478 e. The first-order chi connectivity index (χ1) is 11.4. The van der Waals surface area contributed by atoms with Gasteiger partial charge in [-0.3, -0.25) is 4.79 Å². The number of carbonyl (C=O) groups is 2. The van der Waals surface area contributed by atoms with Crippen molar-refractivity contribution in [3.63, 3.8) is 0 Å². The molecule has 0 radical (unpaired) electrons. The first kappa shape index (κ1) is 16.2. The molecule has 0 spiro atoms. The third kappa shape index (κ3) is 2.90. The summed E-state index contributed by atoms with van der Waals surface area (Å²) in [6.07, 6.45) is 3.88. The van der Waals surface area contributed by atoms with Gasteiger partial charge in [0.2, 0.25) is 5.91 Å². The van der Waals surface area contributed by atoms with Gasteiger partial charge < -0.3 is 20.7 Å². The summed E-state index contributed by atoms with van der Waals surface area (Å²) < 4.78 is 0. The normalized spacial score (nSPS) is 21.7. The summed E-state index contributed by atoms with van der Waals surface area (Å²) in [5, 5.41) is 8.64. The van der Waals surface area contributed by atoms with Crippen molar-refractivity contribution in [2.24, 2.45) is 5.73 Å². The molecular formula is C17H20N4O3. The molecule has 7 nitrogen and oxygen atoms in total. The molecule has 1 fully saturated rings. The minimum absolute atomic E-state index is 0.365. The molecule has 1 aromatic carbocycles. The quantitative estimate of drug-likeness (QED) is 0.703. The summed E-state index contributed by atoms with van der Waals surface area (Å²) in [6.45, 7) is 1.35. The van der Waals surface area contributed by atoms with Gasteiger partial charge in [-0.05, 0) is 44.1 Å². The van der Waals surface area contributed by atoms with Crippen LogP contribution in [0.1, 0.15) is 17.8 Å². The molecule has 1 aliphatic rings. The van der Waals surface area contributed by atoms with Crippen molar-refractivity contribution in [2.45, 2.75) is 18.3 Å². The van der Waals surface area contributed by atoms with E-state index in [9.17, 15) is 9.59 Å². The fraction of sp³-hybridized carbons (Fsp3) is 0.353. The molecule has 1 unspecified atom stereocenters. The molecule has 1 atom stereocenters. The van der Waals surface area contributed by atoms with Crippen LogP contribution in [0.5, 0.6) is 0 Å². The van der Waals surface area contributed by atoms with E-state index in [1.165, 1.54) is 0 Å². The number of H-pyrrole nitrogens is 1. The molecule has 0 aliphatic carbocycles. The number of fused-ring (bicyclic) bond motifs is 1. The van der Waals surface area contributed by atoms with Gasteiger partial charge in [0.05, 0.1) is 11.0 Å². The number of likely N-dealkylation sites (tertiary alicyclic amines) is 1. The number of imidazole rings is 1. The fourth-order valence-electron chi connectivity index (χ4n) is 3.22. The van der Waals surface area contributed by atoms with Crippen molar-refractivity contribution in [3.8, 4) is 0 Å². The lowest BCUT2D eigenvalue weighted by molar-refractivity contribution is -0.131. The fourth-order valence-corrected chi connectivity index (χ4v) is 3.22. The van der Waals surface area contributed by atoms with E-state index in [2.05, 4.69) is 14.9 Å². The first-order valence-corrected chi connectivity index (χ1v) is 7.78. The Hall–Kier alpha value is -2.67. The third-order valence-electron chi connectivity index (χ3n) is 4.55. The van der Waals surface area contributed by atoms with Crippen LogP contribution in [0.4, 0.5) is 0 Å². The van der Waals surface area contributed by atoms with Crippen LogP contribution in [0, 0.1) is 0 Å². The number of aliphatic carboxylic acids is 1. The molecule has 1 aliphatic heterocycles. The lowest BCUT2D eigenvalue weighted by Gasteiger charge is -2.22. The van der Waals surface area contributed by atoms with Crippen molar-refractivity contribution >= 4 is 22.9 Å². The molecule has 2 aromatic rings. The van der Waals surface area contributed by atoms with Crippen LogP contribution < -0.4 is 5.73 Å². The van der Waals surface area contributed by atoms with Gasteiger partial charge in [0.1, 0.15) is 11.2 Å². The number of rotatable bonds is 5. The first-order valence-electron chi connectivity index (χ1n) is 7.78. The number of likely N-dealkylation sites (N-methyl/N-ethyl adjacent to an activating group) is 1. The summed E-state index contributed by atoms with van der Waals surface area (Å²) in [7, 11) is 1.96. The standard InChI is InChI=1S/C17H20N4O3/c1-21-8-7-17(10-21,15(18)24)16-19-12-6-5-11(9-13(12)20-16)3-2-4-14(22)23/h2,4-6,9H,3,7-8,10H2,1H3,(H2,18,24)(H,19,20)(H,22,23). The van der Waals surface area contributed by atoms with Gasteiger partial charge in [0, 0.05) is 12.6 Å². The van der Waals surface area contributed by atoms with E-state index in [1.54, 1.807) is 6.08 Å². The highest BCUT2D eigenvalue weighted by Gasteiger charge is 2.46. The average molecular weight is 328 g/mol. The van der Waals surface area contributed by atoms with Crippen LogP contribution in [0.25, 0.3) is 11.0 Å². The van der Waals surface area contributed by atoms with Crippen LogP contribution >= 0.6 is 0 Å². The van der Waals surface area contributed by atoms with Crippen LogP contribution in [0.3, 0.4) is 0 Å². The Labute approximate surface area is 139 Å². The number of nitrogens with one attached hydrogen (secondary N) is 1. The van der Waals surface area contributed by atoms with E-state index >= 15 is 0 Å². The number of nitrogens with zero attached hydrogens (tertiary/aromatic N) is 2. The number of aromatic amines is 1. The zero-order valence-electron chi connectivity index (χ0n) is 13.5. The van der Waals surface area contributed by atoms with Crippen molar-refractivity contribution < 1.29 is 14.7 Å². The second kappa shape index (κ2) is 6.09. The molecule has 126 valence electrons.